The Morgan fingerprint density at radius 2 is 1.93 bits per heavy atom. The number of cyclic esters (lactones) is 1. The molecule has 1 N–H and O–H groups in total. The second-order valence-electron chi connectivity index (χ2n) is 8.24. The average molecular weight is 392 g/mol. The molecule has 7 heteroatoms. The number of carbonyl (C=O) groups is 2. The number of hydrogen-bond donors (Lipinski definition) is 1. The van der Waals surface area contributed by atoms with Crippen molar-refractivity contribution in [1.29, 1.82) is 0 Å². The van der Waals surface area contributed by atoms with Crippen LogP contribution in [0.1, 0.15) is 18.9 Å². The molecule has 2 amide bonds. The highest BCUT2D eigenvalue weighted by atomic mass is 16.6. The molecule has 2 saturated heterocycles. The Morgan fingerprint density at radius 1 is 1.17 bits per heavy atom. The molecule has 0 radical (unpaired) electrons. The Morgan fingerprint density at radius 3 is 2.66 bits per heavy atom. The third-order valence-electron chi connectivity index (χ3n) is 6.38. The van der Waals surface area contributed by atoms with E-state index in [2.05, 4.69) is 39.5 Å². The summed E-state index contributed by atoms with van der Waals surface area (Å²) in [6, 6.07) is 12.5. The molecule has 0 bridgehead atoms. The topological polar surface area (TPSA) is 74.8 Å². The molecule has 1 aromatic carbocycles. The van der Waals surface area contributed by atoms with Crippen LogP contribution in [-0.2, 0) is 14.9 Å². The van der Waals surface area contributed by atoms with Gasteiger partial charge in [-0.05, 0) is 42.2 Å². The van der Waals surface area contributed by atoms with E-state index in [1.165, 1.54) is 24.6 Å². The molecular formula is C22H24N4O3. The van der Waals surface area contributed by atoms with E-state index in [1.807, 2.05) is 24.5 Å². The first-order chi connectivity index (χ1) is 14.0. The largest absolute Gasteiger partial charge is 0.442 e. The zero-order valence-corrected chi connectivity index (χ0v) is 16.4. The molecule has 5 rings (SSSR count). The number of nitrogens with one attached hydrogen (secondary N) is 1. The number of fused-ring (bicyclic) bond motifs is 1. The lowest BCUT2D eigenvalue weighted by atomic mass is 9.94. The molecule has 2 aliphatic heterocycles. The predicted molar refractivity (Wildman–Crippen MR) is 109 cm³/mol. The van der Waals surface area contributed by atoms with Gasteiger partial charge >= 0.3 is 6.09 Å². The van der Waals surface area contributed by atoms with Gasteiger partial charge in [-0.25, -0.2) is 4.79 Å². The normalized spacial score (nSPS) is 27.6. The third kappa shape index (κ3) is 3.20. The number of rotatable bonds is 5. The Labute approximate surface area is 169 Å². The zero-order chi connectivity index (χ0) is 20.0. The highest BCUT2D eigenvalue weighted by Crippen LogP contribution is 2.59. The van der Waals surface area contributed by atoms with Crippen LogP contribution in [0.3, 0.4) is 0 Å². The second-order valence-corrected chi connectivity index (χ2v) is 8.24. The van der Waals surface area contributed by atoms with Crippen molar-refractivity contribution in [3.05, 3.63) is 54.4 Å². The van der Waals surface area contributed by atoms with Gasteiger partial charge in [0.15, 0.2) is 0 Å². The molecule has 0 spiro atoms. The van der Waals surface area contributed by atoms with Crippen LogP contribution in [0.5, 0.6) is 0 Å². The maximum absolute atomic E-state index is 12.2. The van der Waals surface area contributed by atoms with Gasteiger partial charge in [-0.2, -0.15) is 0 Å². The SMILES string of the molecule is CC(=O)NC[C@H]1CN(c2ccc(C34CC3CN(c3ccncc3)C4)cc2)C(=O)O1. The highest BCUT2D eigenvalue weighted by molar-refractivity contribution is 5.89. The molecular weight excluding hydrogens is 368 g/mol. The van der Waals surface area contributed by atoms with Crippen molar-refractivity contribution in [2.75, 3.05) is 36.0 Å². The maximum atomic E-state index is 12.2. The van der Waals surface area contributed by atoms with Gasteiger partial charge in [0.1, 0.15) is 6.10 Å². The van der Waals surface area contributed by atoms with E-state index >= 15 is 0 Å². The molecule has 2 unspecified atom stereocenters. The molecule has 1 aromatic heterocycles. The lowest BCUT2D eigenvalue weighted by molar-refractivity contribution is -0.119. The van der Waals surface area contributed by atoms with E-state index in [1.54, 1.807) is 4.90 Å². The molecule has 1 aliphatic carbocycles. The number of anilines is 2. The van der Waals surface area contributed by atoms with Gasteiger partial charge in [0.2, 0.25) is 5.91 Å². The quantitative estimate of drug-likeness (QED) is 0.845. The van der Waals surface area contributed by atoms with Crippen molar-refractivity contribution in [3.63, 3.8) is 0 Å². The highest BCUT2D eigenvalue weighted by Gasteiger charge is 2.60. The van der Waals surface area contributed by atoms with Crippen LogP contribution >= 0.6 is 0 Å². The molecule has 3 atom stereocenters. The summed E-state index contributed by atoms with van der Waals surface area (Å²) in [7, 11) is 0. The third-order valence-corrected chi connectivity index (χ3v) is 6.38. The number of pyridine rings is 1. The fourth-order valence-electron chi connectivity index (χ4n) is 4.75. The molecule has 3 heterocycles. The standard InChI is InChI=1S/C22H24N4O3/c1-15(27)24-11-20-13-26(21(28)29-20)19-4-2-16(3-5-19)22-10-17(22)12-25(14-22)18-6-8-23-9-7-18/h2-9,17,20H,10-14H2,1H3,(H,24,27)/t17?,20-,22?/m0/s1. The first kappa shape index (κ1) is 18.0. The first-order valence-corrected chi connectivity index (χ1v) is 10.0. The fraction of sp³-hybridized carbons (Fsp3) is 0.409. The molecule has 7 nitrogen and oxygen atoms in total. The minimum absolute atomic E-state index is 0.125. The monoisotopic (exact) mass is 392 g/mol. The zero-order valence-electron chi connectivity index (χ0n) is 16.4. The average Bonchev–Trinajstić information content (AvgIpc) is 3.10. The Hall–Kier alpha value is -3.09. The summed E-state index contributed by atoms with van der Waals surface area (Å²) in [5, 5.41) is 2.70. The number of amides is 2. The molecule has 150 valence electrons. The van der Waals surface area contributed by atoms with Crippen molar-refractivity contribution in [1.82, 2.24) is 10.3 Å². The summed E-state index contributed by atoms with van der Waals surface area (Å²) in [5.41, 5.74) is 3.63. The Bertz CT molecular complexity index is 933. The molecule has 29 heavy (non-hydrogen) atoms. The van der Waals surface area contributed by atoms with E-state index < -0.39 is 0 Å². The van der Waals surface area contributed by atoms with Gasteiger partial charge < -0.3 is 15.0 Å². The first-order valence-electron chi connectivity index (χ1n) is 10.0. The van der Waals surface area contributed by atoms with Crippen LogP contribution in [0.15, 0.2) is 48.8 Å². The number of ether oxygens (including phenoxy) is 1. The van der Waals surface area contributed by atoms with Crippen LogP contribution in [0.25, 0.3) is 0 Å². The summed E-state index contributed by atoms with van der Waals surface area (Å²) in [6.45, 7) is 4.34. The summed E-state index contributed by atoms with van der Waals surface area (Å²) in [5.74, 6) is 0.555. The lowest BCUT2D eigenvalue weighted by Crippen LogP contribution is -2.33. The number of hydrogen-bond acceptors (Lipinski definition) is 5. The Kier molecular flexibility index (Phi) is 4.19. The van der Waals surface area contributed by atoms with Gasteiger partial charge in [0.05, 0.1) is 13.1 Å². The fourth-order valence-corrected chi connectivity index (χ4v) is 4.75. The lowest BCUT2D eigenvalue weighted by Gasteiger charge is -2.23. The smallest absolute Gasteiger partial charge is 0.414 e. The van der Waals surface area contributed by atoms with Crippen molar-refractivity contribution in [2.24, 2.45) is 5.92 Å². The number of nitrogens with zero attached hydrogens (tertiary/aromatic N) is 3. The summed E-state index contributed by atoms with van der Waals surface area (Å²) >= 11 is 0. The minimum atomic E-state index is -0.361. The van der Waals surface area contributed by atoms with Gasteiger partial charge in [0, 0.05) is 49.2 Å². The number of aromatic nitrogens is 1. The van der Waals surface area contributed by atoms with E-state index in [0.717, 1.165) is 18.8 Å². The van der Waals surface area contributed by atoms with Gasteiger partial charge in [0.25, 0.3) is 0 Å². The van der Waals surface area contributed by atoms with Crippen LogP contribution in [-0.4, -0.2) is 49.3 Å². The maximum Gasteiger partial charge on any atom is 0.414 e. The second kappa shape index (κ2) is 6.76. The molecule has 2 aromatic rings. The van der Waals surface area contributed by atoms with Crippen LogP contribution in [0, 0.1) is 5.92 Å². The van der Waals surface area contributed by atoms with E-state index in [0.29, 0.717) is 19.0 Å². The Balaban J connectivity index is 1.27. The minimum Gasteiger partial charge on any atom is -0.442 e. The van der Waals surface area contributed by atoms with Crippen LogP contribution < -0.4 is 15.1 Å². The molecule has 3 fully saturated rings. The van der Waals surface area contributed by atoms with Crippen LogP contribution in [0.4, 0.5) is 16.2 Å². The van der Waals surface area contributed by atoms with Crippen molar-refractivity contribution in [2.45, 2.75) is 24.9 Å². The molecule has 3 aliphatic rings. The van der Waals surface area contributed by atoms with Crippen LogP contribution in [0.2, 0.25) is 0 Å². The molecule has 1 saturated carbocycles. The summed E-state index contributed by atoms with van der Waals surface area (Å²) in [6.07, 6.45) is 4.23. The van der Waals surface area contributed by atoms with Gasteiger partial charge in [-0.15, -0.1) is 0 Å². The number of benzene rings is 1. The number of piperidine rings is 1. The van der Waals surface area contributed by atoms with Crippen molar-refractivity contribution in [3.8, 4) is 0 Å². The van der Waals surface area contributed by atoms with Crippen molar-refractivity contribution >= 4 is 23.4 Å². The van der Waals surface area contributed by atoms with E-state index in [9.17, 15) is 9.59 Å². The van der Waals surface area contributed by atoms with Gasteiger partial charge in [-0.3, -0.25) is 14.7 Å². The van der Waals surface area contributed by atoms with E-state index in [-0.39, 0.29) is 23.5 Å². The summed E-state index contributed by atoms with van der Waals surface area (Å²) < 4.78 is 5.36. The van der Waals surface area contributed by atoms with Gasteiger partial charge in [-0.1, -0.05) is 12.1 Å². The summed E-state index contributed by atoms with van der Waals surface area (Å²) in [4.78, 5) is 31.5. The van der Waals surface area contributed by atoms with Crippen molar-refractivity contribution < 1.29 is 14.3 Å². The number of carbonyl (C=O) groups excluding carboxylic acids is 2. The van der Waals surface area contributed by atoms with E-state index in [4.69, 9.17) is 4.74 Å². The predicted octanol–water partition coefficient (Wildman–Crippen LogP) is 2.32.